The number of rotatable bonds is 7. The van der Waals surface area contributed by atoms with Crippen molar-refractivity contribution in [2.45, 2.75) is 53.2 Å². The fraction of sp³-hybridized carbons (Fsp3) is 0.474. The van der Waals surface area contributed by atoms with Crippen molar-refractivity contribution in [2.75, 3.05) is 0 Å². The molecule has 0 saturated carbocycles. The Morgan fingerprint density at radius 1 is 1.39 bits per heavy atom. The Hall–Kier alpha value is -1.94. The van der Waals surface area contributed by atoms with Crippen LogP contribution in [0, 0.1) is 12.3 Å². The SMILES string of the molecule is C=CCn1cc(CNC(CC(C)(C)C)c2cccnc2)c(C)n1. The first-order valence-corrected chi connectivity index (χ1v) is 8.16. The maximum Gasteiger partial charge on any atom is 0.0638 e. The zero-order chi connectivity index (χ0) is 16.9. The van der Waals surface area contributed by atoms with Crippen LogP contribution in [0.5, 0.6) is 0 Å². The second-order valence-electron chi connectivity index (χ2n) is 7.24. The van der Waals surface area contributed by atoms with Crippen molar-refractivity contribution in [1.29, 1.82) is 0 Å². The first-order valence-electron chi connectivity index (χ1n) is 8.16. The van der Waals surface area contributed by atoms with Gasteiger partial charge in [0.05, 0.1) is 12.2 Å². The Bertz CT molecular complexity index is 623. The average Bonchev–Trinajstić information content (AvgIpc) is 2.83. The minimum absolute atomic E-state index is 0.246. The van der Waals surface area contributed by atoms with Gasteiger partial charge in [0.1, 0.15) is 0 Å². The molecule has 124 valence electrons. The lowest BCUT2D eigenvalue weighted by Gasteiger charge is -2.27. The summed E-state index contributed by atoms with van der Waals surface area (Å²) in [5.41, 5.74) is 3.78. The molecule has 2 rings (SSSR count). The number of allylic oxidation sites excluding steroid dienone is 1. The van der Waals surface area contributed by atoms with Crippen molar-refractivity contribution in [1.82, 2.24) is 20.1 Å². The molecule has 0 aliphatic carbocycles. The van der Waals surface area contributed by atoms with Crippen LogP contribution in [0.2, 0.25) is 0 Å². The molecule has 0 fully saturated rings. The number of aromatic nitrogens is 3. The largest absolute Gasteiger partial charge is 0.306 e. The van der Waals surface area contributed by atoms with Gasteiger partial charge >= 0.3 is 0 Å². The lowest BCUT2D eigenvalue weighted by atomic mass is 9.86. The van der Waals surface area contributed by atoms with Gasteiger partial charge in [-0.05, 0) is 30.4 Å². The molecule has 0 bridgehead atoms. The molecule has 2 aromatic rings. The second kappa shape index (κ2) is 7.55. The standard InChI is InChI=1S/C19H28N4/c1-6-10-23-14-17(15(2)22-23)13-21-18(11-19(3,4)5)16-8-7-9-20-12-16/h6-9,12,14,18,21H,1,10-11,13H2,2-5H3. The Morgan fingerprint density at radius 3 is 2.78 bits per heavy atom. The fourth-order valence-electron chi connectivity index (χ4n) is 2.69. The summed E-state index contributed by atoms with van der Waals surface area (Å²) in [6.45, 7) is 14.2. The minimum atomic E-state index is 0.246. The highest BCUT2D eigenvalue weighted by Gasteiger charge is 2.20. The van der Waals surface area contributed by atoms with Crippen molar-refractivity contribution in [2.24, 2.45) is 5.41 Å². The molecule has 4 heteroatoms. The molecule has 2 heterocycles. The third-order valence-electron chi connectivity index (χ3n) is 3.81. The first-order chi connectivity index (χ1) is 10.9. The Morgan fingerprint density at radius 2 is 2.17 bits per heavy atom. The lowest BCUT2D eigenvalue weighted by molar-refractivity contribution is 0.310. The van der Waals surface area contributed by atoms with E-state index in [2.05, 4.69) is 61.9 Å². The molecule has 0 radical (unpaired) electrons. The van der Waals surface area contributed by atoms with Crippen molar-refractivity contribution in [3.63, 3.8) is 0 Å². The maximum absolute atomic E-state index is 4.52. The lowest BCUT2D eigenvalue weighted by Crippen LogP contribution is -2.25. The molecule has 0 saturated heterocycles. The van der Waals surface area contributed by atoms with Crippen molar-refractivity contribution in [3.05, 3.63) is 60.2 Å². The molecule has 0 aliphatic rings. The first kappa shape index (κ1) is 17.4. The molecule has 1 unspecified atom stereocenters. The number of nitrogens with one attached hydrogen (secondary N) is 1. The molecule has 1 N–H and O–H groups in total. The van der Waals surface area contributed by atoms with E-state index in [1.165, 1.54) is 11.1 Å². The highest BCUT2D eigenvalue weighted by molar-refractivity contribution is 5.18. The minimum Gasteiger partial charge on any atom is -0.306 e. The molecule has 0 aliphatic heterocycles. The fourth-order valence-corrected chi connectivity index (χ4v) is 2.69. The van der Waals surface area contributed by atoms with E-state index in [0.29, 0.717) is 0 Å². The van der Waals surface area contributed by atoms with Gasteiger partial charge in [-0.1, -0.05) is 32.9 Å². The van der Waals surface area contributed by atoms with Crippen LogP contribution in [0.3, 0.4) is 0 Å². The maximum atomic E-state index is 4.52. The van der Waals surface area contributed by atoms with Gasteiger partial charge in [-0.2, -0.15) is 5.10 Å². The molecule has 23 heavy (non-hydrogen) atoms. The van der Waals surface area contributed by atoms with E-state index in [-0.39, 0.29) is 11.5 Å². The van der Waals surface area contributed by atoms with Gasteiger partial charge in [0, 0.05) is 36.7 Å². The van der Waals surface area contributed by atoms with Gasteiger partial charge in [0.15, 0.2) is 0 Å². The number of aryl methyl sites for hydroxylation is 1. The second-order valence-corrected chi connectivity index (χ2v) is 7.24. The molecule has 4 nitrogen and oxygen atoms in total. The van der Waals surface area contributed by atoms with Crippen LogP contribution in [0.1, 0.15) is 50.1 Å². The zero-order valence-corrected chi connectivity index (χ0v) is 14.7. The van der Waals surface area contributed by atoms with E-state index in [4.69, 9.17) is 0 Å². The topological polar surface area (TPSA) is 42.7 Å². The van der Waals surface area contributed by atoms with Crippen LogP contribution in [-0.2, 0) is 13.1 Å². The van der Waals surface area contributed by atoms with E-state index in [1.807, 2.05) is 29.2 Å². The smallest absolute Gasteiger partial charge is 0.0638 e. The zero-order valence-electron chi connectivity index (χ0n) is 14.7. The third kappa shape index (κ3) is 5.32. The summed E-state index contributed by atoms with van der Waals surface area (Å²) in [7, 11) is 0. The number of pyridine rings is 1. The Balaban J connectivity index is 2.10. The van der Waals surface area contributed by atoms with Gasteiger partial charge in [-0.3, -0.25) is 9.67 Å². The Kier molecular flexibility index (Phi) is 5.72. The Labute approximate surface area is 139 Å². The van der Waals surface area contributed by atoms with Gasteiger partial charge < -0.3 is 5.32 Å². The summed E-state index contributed by atoms with van der Waals surface area (Å²) < 4.78 is 1.93. The molecular weight excluding hydrogens is 284 g/mol. The predicted octanol–water partition coefficient (Wildman–Crippen LogP) is 4.04. The molecule has 0 amide bonds. The van der Waals surface area contributed by atoms with Crippen molar-refractivity contribution in [3.8, 4) is 0 Å². The van der Waals surface area contributed by atoms with E-state index in [1.54, 1.807) is 0 Å². The number of nitrogens with zero attached hydrogens (tertiary/aromatic N) is 3. The monoisotopic (exact) mass is 312 g/mol. The molecule has 1 atom stereocenters. The summed E-state index contributed by atoms with van der Waals surface area (Å²) in [5, 5.41) is 8.20. The summed E-state index contributed by atoms with van der Waals surface area (Å²) >= 11 is 0. The third-order valence-corrected chi connectivity index (χ3v) is 3.81. The van der Waals surface area contributed by atoms with E-state index >= 15 is 0 Å². The van der Waals surface area contributed by atoms with Crippen LogP contribution >= 0.6 is 0 Å². The quantitative estimate of drug-likeness (QED) is 0.785. The molecule has 2 aromatic heterocycles. The summed E-state index contributed by atoms with van der Waals surface area (Å²) in [6.07, 6.45) is 8.79. The molecule has 0 spiro atoms. The van der Waals surface area contributed by atoms with Crippen LogP contribution in [0.15, 0.2) is 43.4 Å². The normalized spacial score (nSPS) is 13.0. The summed E-state index contributed by atoms with van der Waals surface area (Å²) in [5.74, 6) is 0. The highest BCUT2D eigenvalue weighted by atomic mass is 15.3. The predicted molar refractivity (Wildman–Crippen MR) is 95.1 cm³/mol. The summed E-state index contributed by atoms with van der Waals surface area (Å²) in [6, 6.07) is 4.43. The molecular formula is C19H28N4. The van der Waals surface area contributed by atoms with Crippen LogP contribution in [-0.4, -0.2) is 14.8 Å². The summed E-state index contributed by atoms with van der Waals surface area (Å²) in [4.78, 5) is 4.27. The van der Waals surface area contributed by atoms with E-state index in [9.17, 15) is 0 Å². The highest BCUT2D eigenvalue weighted by Crippen LogP contribution is 2.29. The van der Waals surface area contributed by atoms with Gasteiger partial charge in [0.25, 0.3) is 0 Å². The van der Waals surface area contributed by atoms with Crippen LogP contribution < -0.4 is 5.32 Å². The van der Waals surface area contributed by atoms with E-state index in [0.717, 1.165) is 25.2 Å². The van der Waals surface area contributed by atoms with Crippen molar-refractivity contribution >= 4 is 0 Å². The molecule has 0 aromatic carbocycles. The number of hydrogen-bond donors (Lipinski definition) is 1. The van der Waals surface area contributed by atoms with Gasteiger partial charge in [-0.25, -0.2) is 0 Å². The van der Waals surface area contributed by atoms with E-state index < -0.39 is 0 Å². The average molecular weight is 312 g/mol. The van der Waals surface area contributed by atoms with Crippen molar-refractivity contribution < 1.29 is 0 Å². The van der Waals surface area contributed by atoms with Crippen LogP contribution in [0.25, 0.3) is 0 Å². The van der Waals surface area contributed by atoms with Crippen LogP contribution in [0.4, 0.5) is 0 Å². The number of hydrogen-bond acceptors (Lipinski definition) is 3. The van der Waals surface area contributed by atoms with Gasteiger partial charge in [-0.15, -0.1) is 6.58 Å². The van der Waals surface area contributed by atoms with Gasteiger partial charge in [0.2, 0.25) is 0 Å².